The average molecular weight is 431 g/mol. The molecule has 0 spiro atoms. The van der Waals surface area contributed by atoms with Crippen LogP contribution in [0.4, 0.5) is 4.39 Å². The highest BCUT2D eigenvalue weighted by Crippen LogP contribution is 2.29. The number of rotatable bonds is 10. The smallest absolute Gasteiger partial charge is 0.343 e. The van der Waals surface area contributed by atoms with Crippen LogP contribution in [0.5, 0.6) is 11.5 Å². The zero-order valence-electron chi connectivity index (χ0n) is 18.3. The summed E-state index contributed by atoms with van der Waals surface area (Å²) in [4.78, 5) is 12.4. The fraction of sp³-hybridized carbons (Fsp3) is 0.480. The molecule has 1 heterocycles. The fourth-order valence-corrected chi connectivity index (χ4v) is 3.29. The lowest BCUT2D eigenvalue weighted by molar-refractivity contribution is -0.206. The van der Waals surface area contributed by atoms with Crippen molar-refractivity contribution in [1.82, 2.24) is 0 Å². The molecule has 1 aliphatic rings. The van der Waals surface area contributed by atoms with Crippen molar-refractivity contribution in [1.29, 1.82) is 0 Å². The second kappa shape index (κ2) is 11.8. The number of carbonyl (C=O) groups excluding carboxylic acids is 1. The molecule has 1 aliphatic heterocycles. The molecule has 2 aromatic rings. The normalized spacial score (nSPS) is 18.5. The fourth-order valence-electron chi connectivity index (χ4n) is 3.29. The van der Waals surface area contributed by atoms with Gasteiger partial charge in [-0.2, -0.15) is 0 Å². The van der Waals surface area contributed by atoms with Gasteiger partial charge in [0.15, 0.2) is 6.29 Å². The highest BCUT2D eigenvalue weighted by atomic mass is 19.1. The lowest BCUT2D eigenvalue weighted by Crippen LogP contribution is -2.27. The molecule has 31 heavy (non-hydrogen) atoms. The minimum atomic E-state index is -0.748. The molecule has 6 heteroatoms. The zero-order chi connectivity index (χ0) is 22.1. The predicted octanol–water partition coefficient (Wildman–Crippen LogP) is 6.08. The van der Waals surface area contributed by atoms with E-state index in [1.165, 1.54) is 25.0 Å². The molecule has 0 unspecified atom stereocenters. The molecule has 0 aliphatic carbocycles. The molecule has 0 bridgehead atoms. The molecule has 0 atom stereocenters. The highest BCUT2D eigenvalue weighted by Gasteiger charge is 2.25. The van der Waals surface area contributed by atoms with E-state index < -0.39 is 18.1 Å². The Labute approximate surface area is 183 Å². The largest absolute Gasteiger partial charge is 0.494 e. The van der Waals surface area contributed by atoms with Gasteiger partial charge < -0.3 is 18.9 Å². The van der Waals surface area contributed by atoms with Crippen LogP contribution in [-0.2, 0) is 9.47 Å². The van der Waals surface area contributed by atoms with Gasteiger partial charge in [0.1, 0.15) is 17.3 Å². The van der Waals surface area contributed by atoms with E-state index in [0.717, 1.165) is 31.1 Å². The molecule has 1 fully saturated rings. The van der Waals surface area contributed by atoms with Gasteiger partial charge in [-0.05, 0) is 49.2 Å². The minimum absolute atomic E-state index is 0.125. The summed E-state index contributed by atoms with van der Waals surface area (Å²) in [6.45, 7) is 5.96. The van der Waals surface area contributed by atoms with E-state index in [-0.39, 0.29) is 11.1 Å². The van der Waals surface area contributed by atoms with E-state index in [1.54, 1.807) is 24.3 Å². The first-order chi connectivity index (χ1) is 15.1. The monoisotopic (exact) mass is 430 g/mol. The maximum atomic E-state index is 14.6. The van der Waals surface area contributed by atoms with Gasteiger partial charge in [0.2, 0.25) is 0 Å². The SMILES string of the molecule is CCCCCCOc1ccc(OC(=O)c2ccc(C3OCC(CC)CO3)c(F)c2)cc1. The second-order valence-corrected chi connectivity index (χ2v) is 7.78. The zero-order valence-corrected chi connectivity index (χ0v) is 18.3. The third-order valence-corrected chi connectivity index (χ3v) is 5.33. The van der Waals surface area contributed by atoms with Crippen molar-refractivity contribution < 1.29 is 28.1 Å². The van der Waals surface area contributed by atoms with Gasteiger partial charge in [-0.15, -0.1) is 0 Å². The molecule has 2 aromatic carbocycles. The number of halogens is 1. The average Bonchev–Trinajstić information content (AvgIpc) is 2.80. The second-order valence-electron chi connectivity index (χ2n) is 7.78. The summed E-state index contributed by atoms with van der Waals surface area (Å²) >= 11 is 0. The summed E-state index contributed by atoms with van der Waals surface area (Å²) in [5, 5.41) is 0. The number of carbonyl (C=O) groups is 1. The van der Waals surface area contributed by atoms with E-state index >= 15 is 0 Å². The Balaban J connectivity index is 1.52. The van der Waals surface area contributed by atoms with E-state index in [2.05, 4.69) is 13.8 Å². The Morgan fingerprint density at radius 1 is 1.00 bits per heavy atom. The number of esters is 1. The first-order valence-electron chi connectivity index (χ1n) is 11.1. The summed E-state index contributed by atoms with van der Waals surface area (Å²) in [5.41, 5.74) is 0.409. The Morgan fingerprint density at radius 3 is 2.35 bits per heavy atom. The summed E-state index contributed by atoms with van der Waals surface area (Å²) in [6, 6.07) is 11.0. The summed E-state index contributed by atoms with van der Waals surface area (Å²) in [6.07, 6.45) is 4.77. The van der Waals surface area contributed by atoms with Crippen LogP contribution in [0.1, 0.15) is 68.2 Å². The van der Waals surface area contributed by atoms with Crippen molar-refractivity contribution in [2.45, 2.75) is 52.2 Å². The molecule has 0 aromatic heterocycles. The van der Waals surface area contributed by atoms with E-state index in [4.69, 9.17) is 18.9 Å². The lowest BCUT2D eigenvalue weighted by Gasteiger charge is -2.29. The number of ether oxygens (including phenoxy) is 4. The van der Waals surface area contributed by atoms with Gasteiger partial charge >= 0.3 is 5.97 Å². The predicted molar refractivity (Wildman–Crippen MR) is 116 cm³/mol. The van der Waals surface area contributed by atoms with Crippen molar-refractivity contribution in [3.63, 3.8) is 0 Å². The molecule has 0 N–H and O–H groups in total. The van der Waals surface area contributed by atoms with Crippen molar-refractivity contribution in [2.24, 2.45) is 5.92 Å². The van der Waals surface area contributed by atoms with E-state index in [0.29, 0.717) is 31.5 Å². The molecule has 0 radical (unpaired) electrons. The molecule has 5 nitrogen and oxygen atoms in total. The van der Waals surface area contributed by atoms with Crippen LogP contribution in [0.3, 0.4) is 0 Å². The van der Waals surface area contributed by atoms with Crippen LogP contribution < -0.4 is 9.47 Å². The number of hydrogen-bond donors (Lipinski definition) is 0. The van der Waals surface area contributed by atoms with E-state index in [1.807, 2.05) is 0 Å². The van der Waals surface area contributed by atoms with Crippen molar-refractivity contribution in [3.05, 3.63) is 59.4 Å². The van der Waals surface area contributed by atoms with Gasteiger partial charge in [0.05, 0.1) is 25.4 Å². The summed E-state index contributed by atoms with van der Waals surface area (Å²) in [7, 11) is 0. The standard InChI is InChI=1S/C25H31FO5/c1-3-5-6-7-14-28-20-9-11-21(12-10-20)31-24(27)19-8-13-22(23(26)15-19)25-29-16-18(4-2)17-30-25/h8-13,15,18,25H,3-7,14,16-17H2,1-2H3. The lowest BCUT2D eigenvalue weighted by atomic mass is 10.1. The maximum absolute atomic E-state index is 14.6. The van der Waals surface area contributed by atoms with Crippen LogP contribution >= 0.6 is 0 Å². The van der Waals surface area contributed by atoms with Crippen LogP contribution in [0.15, 0.2) is 42.5 Å². The Hall–Kier alpha value is -2.44. The molecule has 0 amide bonds. The van der Waals surface area contributed by atoms with Gasteiger partial charge in [0.25, 0.3) is 0 Å². The first-order valence-corrected chi connectivity index (χ1v) is 11.1. The molecule has 168 valence electrons. The Kier molecular flexibility index (Phi) is 8.85. The molecule has 1 saturated heterocycles. The Morgan fingerprint density at radius 2 is 1.71 bits per heavy atom. The number of benzene rings is 2. The number of unbranched alkanes of at least 4 members (excludes halogenated alkanes) is 3. The molecular weight excluding hydrogens is 399 g/mol. The Bertz CT molecular complexity index is 828. The van der Waals surface area contributed by atoms with Gasteiger partial charge in [-0.25, -0.2) is 9.18 Å². The van der Waals surface area contributed by atoms with E-state index in [9.17, 15) is 9.18 Å². The van der Waals surface area contributed by atoms with Crippen LogP contribution in [0, 0.1) is 11.7 Å². The third kappa shape index (κ3) is 6.77. The van der Waals surface area contributed by atoms with Crippen molar-refractivity contribution in [2.75, 3.05) is 19.8 Å². The summed E-state index contributed by atoms with van der Waals surface area (Å²) < 4.78 is 36.8. The van der Waals surface area contributed by atoms with Crippen LogP contribution in [0.25, 0.3) is 0 Å². The molecular formula is C25H31FO5. The van der Waals surface area contributed by atoms with Crippen molar-refractivity contribution in [3.8, 4) is 11.5 Å². The quantitative estimate of drug-likeness (QED) is 0.260. The topological polar surface area (TPSA) is 54.0 Å². The molecule has 3 rings (SSSR count). The number of hydrogen-bond acceptors (Lipinski definition) is 5. The van der Waals surface area contributed by atoms with Gasteiger partial charge in [-0.3, -0.25) is 0 Å². The van der Waals surface area contributed by atoms with Gasteiger partial charge in [-0.1, -0.05) is 39.2 Å². The maximum Gasteiger partial charge on any atom is 0.343 e. The van der Waals surface area contributed by atoms with Gasteiger partial charge in [0, 0.05) is 11.5 Å². The van der Waals surface area contributed by atoms with Crippen molar-refractivity contribution >= 4 is 5.97 Å². The molecule has 0 saturated carbocycles. The van der Waals surface area contributed by atoms with Crippen LogP contribution in [-0.4, -0.2) is 25.8 Å². The summed E-state index contributed by atoms with van der Waals surface area (Å²) in [5.74, 6) is 0.240. The van der Waals surface area contributed by atoms with Crippen LogP contribution in [0.2, 0.25) is 0 Å². The third-order valence-electron chi connectivity index (χ3n) is 5.33. The first kappa shape index (κ1) is 23.2. The highest BCUT2D eigenvalue weighted by molar-refractivity contribution is 5.91. The minimum Gasteiger partial charge on any atom is -0.494 e.